The molecule has 0 bridgehead atoms. The number of carbonyl (C=O) groups is 1. The van der Waals surface area contributed by atoms with Gasteiger partial charge in [-0.2, -0.15) is 0 Å². The molecule has 1 saturated heterocycles. The maximum atomic E-state index is 14.1. The highest BCUT2D eigenvalue weighted by atomic mass is 32.3. The molecule has 1 amide bonds. The van der Waals surface area contributed by atoms with Crippen LogP contribution in [0.4, 0.5) is 10.1 Å². The van der Waals surface area contributed by atoms with Gasteiger partial charge >= 0.3 is 0 Å². The number of nitrogens with zero attached hydrogens (tertiary/aromatic N) is 2. The van der Waals surface area contributed by atoms with Crippen LogP contribution in [0.5, 0.6) is 0 Å². The van der Waals surface area contributed by atoms with Crippen molar-refractivity contribution < 1.29 is 17.8 Å². The molecule has 1 fully saturated rings. The van der Waals surface area contributed by atoms with Crippen LogP contribution in [-0.4, -0.2) is 54.1 Å². The average molecular weight is 596 g/mol. The molecule has 1 aliphatic rings. The number of benzene rings is 3. The number of anilines is 1. The molecule has 0 unspecified atom stereocenters. The summed E-state index contributed by atoms with van der Waals surface area (Å²) in [5.74, 6) is 0.121. The van der Waals surface area contributed by atoms with Crippen LogP contribution in [0, 0.1) is 18.7 Å². The lowest BCUT2D eigenvalue weighted by molar-refractivity contribution is 0.0964. The number of hydrogen-bond acceptors (Lipinski definition) is 5. The van der Waals surface area contributed by atoms with Gasteiger partial charge in [0.25, 0.3) is 5.91 Å². The standard InChI is InChI=1S/C32H38FN3O3S2/c1-21-8-6-10-26(16-21)41(5,38)36-15-7-9-22(20-36)17-24-18-27-29(19-28(24)35(3)40-4)39-31(30(27)32(37)34-2)23-11-13-25(33)14-12-23/h6,8,10-14,16,18-19,22,41H,7,9,15,17,20H2,1-5H3,(H,34,37)/t22-/m1/s1. The lowest BCUT2D eigenvalue weighted by atomic mass is 9.90. The molecule has 0 saturated carbocycles. The van der Waals surface area contributed by atoms with Crippen LogP contribution in [0.3, 0.4) is 0 Å². The Morgan fingerprint density at radius 1 is 1.20 bits per heavy atom. The predicted octanol–water partition coefficient (Wildman–Crippen LogP) is 6.50. The normalized spacial score (nSPS) is 16.6. The second-order valence-corrected chi connectivity index (χ2v) is 14.6. The fourth-order valence-corrected chi connectivity index (χ4v) is 8.37. The van der Waals surface area contributed by atoms with Gasteiger partial charge in [0.1, 0.15) is 17.2 Å². The maximum absolute atomic E-state index is 14.1. The van der Waals surface area contributed by atoms with Crippen molar-refractivity contribution in [3.8, 4) is 11.3 Å². The van der Waals surface area contributed by atoms with Crippen molar-refractivity contribution in [1.82, 2.24) is 9.62 Å². The number of piperidine rings is 1. The molecule has 0 aliphatic carbocycles. The fraction of sp³-hybridized carbons (Fsp3) is 0.344. The third kappa shape index (κ3) is 5.94. The molecule has 4 aromatic rings. The SMILES string of the molecule is CNC(=O)c1c(-c2ccc(F)cc2)oc2cc(N(C)SC)c(C[C@H]3CCCN([SH](C)(=O)c4cccc(C)c4)C3)cc12. The van der Waals surface area contributed by atoms with Crippen LogP contribution in [0.2, 0.25) is 0 Å². The van der Waals surface area contributed by atoms with Crippen LogP contribution in [0.1, 0.15) is 34.3 Å². The van der Waals surface area contributed by atoms with E-state index in [4.69, 9.17) is 4.42 Å². The summed E-state index contributed by atoms with van der Waals surface area (Å²) in [5, 5.41) is 3.47. The fourth-order valence-electron chi connectivity index (χ4n) is 5.80. The topological polar surface area (TPSA) is 65.8 Å². The van der Waals surface area contributed by atoms with Gasteiger partial charge in [0, 0.05) is 61.6 Å². The molecule has 5 rings (SSSR count). The second-order valence-electron chi connectivity index (χ2n) is 10.9. The van der Waals surface area contributed by atoms with Crippen LogP contribution in [0.25, 0.3) is 22.3 Å². The molecule has 6 nitrogen and oxygen atoms in total. The van der Waals surface area contributed by atoms with E-state index in [0.29, 0.717) is 28.4 Å². The number of hydrogen-bond donors (Lipinski definition) is 2. The van der Waals surface area contributed by atoms with Gasteiger partial charge in [0.15, 0.2) is 0 Å². The van der Waals surface area contributed by atoms with Crippen LogP contribution in [-0.2, 0) is 16.5 Å². The Balaban J connectivity index is 1.54. The predicted molar refractivity (Wildman–Crippen MR) is 170 cm³/mol. The largest absolute Gasteiger partial charge is 0.455 e. The van der Waals surface area contributed by atoms with Crippen LogP contribution in [0.15, 0.2) is 70.0 Å². The van der Waals surface area contributed by atoms with E-state index in [2.05, 4.69) is 20.0 Å². The summed E-state index contributed by atoms with van der Waals surface area (Å²) in [7, 11) is 0.915. The van der Waals surface area contributed by atoms with E-state index in [1.165, 1.54) is 12.1 Å². The zero-order valence-electron chi connectivity index (χ0n) is 24.2. The Kier molecular flexibility index (Phi) is 8.59. The van der Waals surface area contributed by atoms with Gasteiger partial charge in [-0.25, -0.2) is 8.70 Å². The van der Waals surface area contributed by atoms with E-state index in [9.17, 15) is 13.4 Å². The molecule has 3 aromatic carbocycles. The first-order valence-corrected chi connectivity index (χ1v) is 17.2. The third-order valence-electron chi connectivity index (χ3n) is 8.09. The zero-order valence-corrected chi connectivity index (χ0v) is 25.9. The molecule has 2 heterocycles. The van der Waals surface area contributed by atoms with Gasteiger partial charge in [0.2, 0.25) is 0 Å². The number of nitrogens with one attached hydrogen (secondary N) is 1. The monoisotopic (exact) mass is 595 g/mol. The van der Waals surface area contributed by atoms with E-state index in [1.54, 1.807) is 31.1 Å². The zero-order chi connectivity index (χ0) is 29.3. The molecule has 41 heavy (non-hydrogen) atoms. The summed E-state index contributed by atoms with van der Waals surface area (Å²) in [6.07, 6.45) is 6.72. The number of fused-ring (bicyclic) bond motifs is 1. The Labute approximate surface area is 247 Å². The minimum atomic E-state index is -2.70. The summed E-state index contributed by atoms with van der Waals surface area (Å²) < 4.78 is 38.3. The van der Waals surface area contributed by atoms with Gasteiger partial charge in [0.05, 0.1) is 11.3 Å². The van der Waals surface area contributed by atoms with Crippen molar-refractivity contribution in [2.24, 2.45) is 5.92 Å². The highest BCUT2D eigenvalue weighted by Crippen LogP contribution is 2.40. The van der Waals surface area contributed by atoms with Gasteiger partial charge in [-0.15, -0.1) is 0 Å². The Morgan fingerprint density at radius 2 is 1.95 bits per heavy atom. The van der Waals surface area contributed by atoms with E-state index in [-0.39, 0.29) is 11.7 Å². The summed E-state index contributed by atoms with van der Waals surface area (Å²) in [6.45, 7) is 3.60. The third-order valence-corrected chi connectivity index (χ3v) is 11.5. The van der Waals surface area contributed by atoms with Crippen molar-refractivity contribution in [2.75, 3.05) is 44.0 Å². The van der Waals surface area contributed by atoms with Gasteiger partial charge in [-0.05, 0) is 95.8 Å². The number of aryl methyl sites for hydroxylation is 1. The molecule has 1 aliphatic heterocycles. The summed E-state index contributed by atoms with van der Waals surface area (Å²) in [5.41, 5.74) is 4.92. The summed E-state index contributed by atoms with van der Waals surface area (Å²) in [6, 6.07) is 18.1. The minimum Gasteiger partial charge on any atom is -0.455 e. The number of furan rings is 1. The van der Waals surface area contributed by atoms with Crippen molar-refractivity contribution in [3.05, 3.63) is 83.2 Å². The molecule has 0 radical (unpaired) electrons. The maximum Gasteiger partial charge on any atom is 0.255 e. The lowest BCUT2D eigenvalue weighted by Gasteiger charge is -2.40. The highest BCUT2D eigenvalue weighted by Gasteiger charge is 2.30. The minimum absolute atomic E-state index is 0.256. The highest BCUT2D eigenvalue weighted by molar-refractivity contribution is 8.00. The first kappa shape index (κ1) is 29.4. The first-order chi connectivity index (χ1) is 19.6. The van der Waals surface area contributed by atoms with Crippen LogP contribution < -0.4 is 9.62 Å². The van der Waals surface area contributed by atoms with Crippen LogP contribution >= 0.6 is 11.9 Å². The van der Waals surface area contributed by atoms with Crippen molar-refractivity contribution in [2.45, 2.75) is 31.1 Å². The molecule has 1 aromatic heterocycles. The number of rotatable bonds is 8. The van der Waals surface area contributed by atoms with Crippen molar-refractivity contribution >= 4 is 44.6 Å². The molecular formula is C32H38FN3O3S2. The number of halogens is 1. The second kappa shape index (κ2) is 12.0. The summed E-state index contributed by atoms with van der Waals surface area (Å²) >= 11 is 1.60. The average Bonchev–Trinajstić information content (AvgIpc) is 3.34. The first-order valence-electron chi connectivity index (χ1n) is 13.9. The quantitative estimate of drug-likeness (QED) is 0.180. The van der Waals surface area contributed by atoms with E-state index < -0.39 is 10.1 Å². The molecule has 1 N–H and O–H groups in total. The van der Waals surface area contributed by atoms with Crippen molar-refractivity contribution in [3.63, 3.8) is 0 Å². The Morgan fingerprint density at radius 3 is 2.63 bits per heavy atom. The number of carbonyl (C=O) groups excluding carboxylic acids is 1. The molecule has 218 valence electrons. The van der Waals surface area contributed by atoms with Gasteiger partial charge in [-0.3, -0.25) is 9.00 Å². The summed E-state index contributed by atoms with van der Waals surface area (Å²) in [4.78, 5) is 14.0. The Bertz CT molecular complexity index is 1620. The van der Waals surface area contributed by atoms with E-state index in [0.717, 1.165) is 59.4 Å². The number of thiol groups is 1. The van der Waals surface area contributed by atoms with Gasteiger partial charge < -0.3 is 14.0 Å². The van der Waals surface area contributed by atoms with E-state index >= 15 is 0 Å². The Hall–Kier alpha value is -3.14. The van der Waals surface area contributed by atoms with E-state index in [1.807, 2.05) is 56.8 Å². The smallest absolute Gasteiger partial charge is 0.255 e. The molecule has 1 atom stereocenters. The molecule has 9 heteroatoms. The number of amides is 1. The lowest BCUT2D eigenvalue weighted by Crippen LogP contribution is -2.43. The molecular weight excluding hydrogens is 558 g/mol. The molecule has 0 spiro atoms. The van der Waals surface area contributed by atoms with Crippen molar-refractivity contribution in [1.29, 1.82) is 0 Å². The van der Waals surface area contributed by atoms with Gasteiger partial charge in [-0.1, -0.05) is 24.1 Å².